The van der Waals surface area contributed by atoms with Crippen LogP contribution in [0.15, 0.2) is 60.8 Å². The number of hydrogen-bond acceptors (Lipinski definition) is 10. The largest absolute Gasteiger partial charge is 0.478 e. The van der Waals surface area contributed by atoms with E-state index in [4.69, 9.17) is 40.1 Å². The molecule has 0 aromatic rings. The molecular formula is C35H60O13. The third-order valence-electron chi connectivity index (χ3n) is 5.80. The number of rotatable bonds is 19. The van der Waals surface area contributed by atoms with Crippen molar-refractivity contribution in [2.75, 3.05) is 33.0 Å². The van der Waals surface area contributed by atoms with Gasteiger partial charge >= 0.3 is 29.8 Å². The molecule has 0 aliphatic heterocycles. The number of aliphatic carboxylic acids is 3. The molecule has 0 unspecified atom stereocenters. The van der Waals surface area contributed by atoms with E-state index < -0.39 is 23.3 Å². The first-order chi connectivity index (χ1) is 22.1. The fourth-order valence-electron chi connectivity index (χ4n) is 2.15. The highest BCUT2D eigenvalue weighted by Gasteiger charge is 2.24. The maximum Gasteiger partial charge on any atom is 0.333 e. The second-order valence-corrected chi connectivity index (χ2v) is 10.9. The summed E-state index contributed by atoms with van der Waals surface area (Å²) in [7, 11) is 0. The molecule has 13 nitrogen and oxygen atoms in total. The summed E-state index contributed by atoms with van der Waals surface area (Å²) >= 11 is 0. The Bertz CT molecular complexity index is 877. The number of ether oxygens (including phenoxy) is 2. The molecule has 0 radical (unpaired) electrons. The summed E-state index contributed by atoms with van der Waals surface area (Å²) in [6.45, 7) is 26.5. The topological polar surface area (TPSA) is 225 Å². The maximum atomic E-state index is 11.1. The number of carbonyl (C=O) groups excluding carboxylic acids is 2. The van der Waals surface area contributed by atoms with E-state index >= 15 is 0 Å². The van der Waals surface area contributed by atoms with Crippen LogP contribution in [0, 0.1) is 5.41 Å². The molecule has 13 heteroatoms. The van der Waals surface area contributed by atoms with E-state index in [2.05, 4.69) is 32.9 Å². The van der Waals surface area contributed by atoms with Gasteiger partial charge < -0.3 is 40.1 Å². The van der Waals surface area contributed by atoms with Crippen LogP contribution >= 0.6 is 0 Å². The van der Waals surface area contributed by atoms with Crippen molar-refractivity contribution in [2.45, 2.75) is 92.9 Å². The van der Waals surface area contributed by atoms with Gasteiger partial charge in [-0.15, -0.1) is 0 Å². The quantitative estimate of drug-likeness (QED) is 0.0579. The van der Waals surface area contributed by atoms with Crippen molar-refractivity contribution in [3.63, 3.8) is 0 Å². The number of aliphatic hydroxyl groups is 3. The molecule has 0 aliphatic rings. The van der Waals surface area contributed by atoms with E-state index in [1.807, 2.05) is 6.92 Å². The van der Waals surface area contributed by atoms with Gasteiger partial charge in [-0.3, -0.25) is 0 Å². The van der Waals surface area contributed by atoms with Gasteiger partial charge in [-0.2, -0.15) is 0 Å². The van der Waals surface area contributed by atoms with E-state index in [-0.39, 0.29) is 48.5 Å². The Morgan fingerprint density at radius 2 is 0.688 bits per heavy atom. The predicted molar refractivity (Wildman–Crippen MR) is 185 cm³/mol. The molecule has 0 aromatic heterocycles. The highest BCUT2D eigenvalue weighted by molar-refractivity contribution is 5.87. The Hall–Kier alpha value is -4.07. The lowest BCUT2D eigenvalue weighted by atomic mass is 9.88. The third-order valence-corrected chi connectivity index (χ3v) is 5.80. The molecule has 0 aromatic carbocycles. The van der Waals surface area contributed by atoms with Crippen molar-refractivity contribution in [3.05, 3.63) is 60.8 Å². The minimum absolute atomic E-state index is 0.156. The summed E-state index contributed by atoms with van der Waals surface area (Å²) in [5, 5.41) is 49.6. The van der Waals surface area contributed by atoms with Crippen molar-refractivity contribution < 1.29 is 64.1 Å². The molecule has 0 bridgehead atoms. The Balaban J connectivity index is -0.000000187. The second-order valence-electron chi connectivity index (χ2n) is 10.9. The van der Waals surface area contributed by atoms with E-state index in [9.17, 15) is 24.0 Å². The smallest absolute Gasteiger partial charge is 0.333 e. The minimum atomic E-state index is -0.935. The van der Waals surface area contributed by atoms with Gasteiger partial charge in [-0.1, -0.05) is 71.9 Å². The van der Waals surface area contributed by atoms with Crippen LogP contribution in [0.4, 0.5) is 0 Å². The average molecular weight is 689 g/mol. The molecule has 278 valence electrons. The fraction of sp³-hybridized carbons (Fsp3) is 0.571. The van der Waals surface area contributed by atoms with Crippen LogP contribution in [-0.2, 0) is 33.4 Å². The van der Waals surface area contributed by atoms with Gasteiger partial charge in [0.15, 0.2) is 0 Å². The highest BCUT2D eigenvalue weighted by Crippen LogP contribution is 2.18. The normalized spacial score (nSPS) is 9.44. The van der Waals surface area contributed by atoms with Crippen LogP contribution in [0.1, 0.15) is 92.9 Å². The summed E-state index contributed by atoms with van der Waals surface area (Å²) < 4.78 is 10.0. The Kier molecular flexibility index (Phi) is 38.1. The highest BCUT2D eigenvalue weighted by atomic mass is 16.5. The first-order valence-electron chi connectivity index (χ1n) is 15.3. The second kappa shape index (κ2) is 34.3. The van der Waals surface area contributed by atoms with Crippen molar-refractivity contribution in [3.8, 4) is 0 Å². The average Bonchev–Trinajstić information content (AvgIpc) is 3.02. The summed E-state index contributed by atoms with van der Waals surface area (Å²) in [5.41, 5.74) is 0.754. The zero-order valence-corrected chi connectivity index (χ0v) is 29.8. The molecule has 0 fully saturated rings. The van der Waals surface area contributed by atoms with Crippen LogP contribution in [-0.4, -0.2) is 93.5 Å². The van der Waals surface area contributed by atoms with Gasteiger partial charge in [-0.25, -0.2) is 24.0 Å². The Morgan fingerprint density at radius 3 is 0.812 bits per heavy atom. The van der Waals surface area contributed by atoms with E-state index in [0.717, 1.165) is 44.9 Å². The third kappa shape index (κ3) is 40.0. The molecule has 0 saturated carbocycles. The lowest BCUT2D eigenvalue weighted by Gasteiger charge is -2.24. The van der Waals surface area contributed by atoms with Gasteiger partial charge in [0, 0.05) is 33.3 Å². The summed E-state index contributed by atoms with van der Waals surface area (Å²) in [6, 6.07) is 0. The number of carbonyl (C=O) groups is 5. The minimum Gasteiger partial charge on any atom is -0.478 e. The first kappa shape index (κ1) is 53.4. The molecule has 0 heterocycles. The summed E-state index contributed by atoms with van der Waals surface area (Å²) in [5.74, 6) is -3.42. The first-order valence-corrected chi connectivity index (χ1v) is 15.3. The van der Waals surface area contributed by atoms with Crippen LogP contribution in [0.3, 0.4) is 0 Å². The van der Waals surface area contributed by atoms with Crippen LogP contribution in [0.25, 0.3) is 0 Å². The zero-order chi connectivity index (χ0) is 38.9. The standard InChI is InChI=1S/C17H28O4.C6H14O3.3C4H6O2/c1-14(2)16(18)20-12-10-8-6-5-7-9-11-13-21-17(19)15(3)4;1-2-6(3-7,4-8)5-9;3*1-3(2)4(5)6/h1,3,5-13H2,2,4H3;7-9H,2-5H2,1H3;3*1H2,2H3,(H,5,6). The predicted octanol–water partition coefficient (Wildman–Crippen LogP) is 5.26. The van der Waals surface area contributed by atoms with E-state index in [1.165, 1.54) is 20.8 Å². The van der Waals surface area contributed by atoms with Gasteiger partial charge in [0.2, 0.25) is 0 Å². The molecule has 6 N–H and O–H groups in total. The number of aliphatic hydroxyl groups excluding tert-OH is 3. The number of carboxylic acid groups (broad SMARTS) is 3. The molecule has 0 spiro atoms. The van der Waals surface area contributed by atoms with Gasteiger partial charge in [-0.05, 0) is 53.9 Å². The summed E-state index contributed by atoms with van der Waals surface area (Å²) in [6.07, 6.45) is 7.94. The number of esters is 2. The molecule has 0 aliphatic carbocycles. The summed E-state index contributed by atoms with van der Waals surface area (Å²) in [4.78, 5) is 51.0. The molecule has 48 heavy (non-hydrogen) atoms. The zero-order valence-electron chi connectivity index (χ0n) is 29.8. The van der Waals surface area contributed by atoms with Crippen molar-refractivity contribution in [1.82, 2.24) is 0 Å². The van der Waals surface area contributed by atoms with Gasteiger partial charge in [0.1, 0.15) is 0 Å². The monoisotopic (exact) mass is 688 g/mol. The van der Waals surface area contributed by atoms with Crippen molar-refractivity contribution in [2.24, 2.45) is 5.41 Å². The number of unbranched alkanes of at least 4 members (excludes halogenated alkanes) is 6. The van der Waals surface area contributed by atoms with Crippen molar-refractivity contribution in [1.29, 1.82) is 0 Å². The number of carboxylic acids is 3. The van der Waals surface area contributed by atoms with Crippen LogP contribution in [0.5, 0.6) is 0 Å². The van der Waals surface area contributed by atoms with Crippen LogP contribution in [0.2, 0.25) is 0 Å². The fourth-order valence-corrected chi connectivity index (χ4v) is 2.15. The maximum absolute atomic E-state index is 11.1. The molecule has 0 atom stereocenters. The molecule has 0 saturated heterocycles. The SMILES string of the molecule is C=C(C)C(=O)O.C=C(C)C(=O)O.C=C(C)C(=O)O.C=C(C)C(=O)OCCCCCCCCCOC(=O)C(=C)C.CCC(CO)(CO)CO. The lowest BCUT2D eigenvalue weighted by Crippen LogP contribution is -2.32. The number of hydrogen-bond donors (Lipinski definition) is 6. The lowest BCUT2D eigenvalue weighted by molar-refractivity contribution is -0.139. The Labute approximate surface area is 286 Å². The molecule has 0 rings (SSSR count). The van der Waals surface area contributed by atoms with E-state index in [1.54, 1.807) is 13.8 Å². The molecular weight excluding hydrogens is 628 g/mol. The van der Waals surface area contributed by atoms with E-state index in [0.29, 0.717) is 30.8 Å². The van der Waals surface area contributed by atoms with Crippen molar-refractivity contribution >= 4 is 29.8 Å². The molecule has 0 amide bonds. The van der Waals surface area contributed by atoms with Gasteiger partial charge in [0.25, 0.3) is 0 Å². The Morgan fingerprint density at radius 1 is 0.479 bits per heavy atom. The van der Waals surface area contributed by atoms with Gasteiger partial charge in [0.05, 0.1) is 33.0 Å². The van der Waals surface area contributed by atoms with Crippen LogP contribution < -0.4 is 0 Å².